The normalized spacial score (nSPS) is 10.4. The standard InChI is InChI=1S/C14H16N4O3/c1-9-10(15)4-3-5-11(9)16-12(19)8-18-13(20)6-7-17(2)14(18)21/h3-7H,8,15H2,1-2H3,(H,16,19). The van der Waals surface area contributed by atoms with Crippen molar-refractivity contribution in [3.8, 4) is 0 Å². The summed E-state index contributed by atoms with van der Waals surface area (Å²) in [4.78, 5) is 35.5. The summed E-state index contributed by atoms with van der Waals surface area (Å²) in [6.07, 6.45) is 1.36. The van der Waals surface area contributed by atoms with Crippen molar-refractivity contribution in [1.29, 1.82) is 0 Å². The molecular formula is C14H16N4O3. The van der Waals surface area contributed by atoms with Gasteiger partial charge in [-0.15, -0.1) is 0 Å². The van der Waals surface area contributed by atoms with E-state index in [1.165, 1.54) is 23.9 Å². The molecule has 0 aliphatic heterocycles. The number of hydrogen-bond donors (Lipinski definition) is 2. The fraction of sp³-hybridized carbons (Fsp3) is 0.214. The summed E-state index contributed by atoms with van der Waals surface area (Å²) in [5.41, 5.74) is 6.55. The maximum absolute atomic E-state index is 12.0. The number of nitrogens with one attached hydrogen (secondary N) is 1. The highest BCUT2D eigenvalue weighted by Crippen LogP contribution is 2.20. The molecule has 0 aliphatic rings. The molecule has 1 heterocycles. The van der Waals surface area contributed by atoms with Gasteiger partial charge in [0.2, 0.25) is 5.91 Å². The van der Waals surface area contributed by atoms with Crippen molar-refractivity contribution in [3.05, 3.63) is 56.9 Å². The number of nitrogen functional groups attached to an aromatic ring is 1. The molecule has 3 N–H and O–H groups in total. The van der Waals surface area contributed by atoms with Crippen LogP contribution in [0.1, 0.15) is 5.56 Å². The Morgan fingerprint density at radius 2 is 2.00 bits per heavy atom. The Balaban J connectivity index is 2.24. The average Bonchev–Trinajstić information content (AvgIpc) is 2.44. The second-order valence-corrected chi connectivity index (χ2v) is 4.70. The van der Waals surface area contributed by atoms with E-state index in [1.807, 2.05) is 0 Å². The summed E-state index contributed by atoms with van der Waals surface area (Å²) in [7, 11) is 1.51. The zero-order chi connectivity index (χ0) is 15.6. The number of amides is 1. The molecule has 0 fully saturated rings. The van der Waals surface area contributed by atoms with Crippen LogP contribution >= 0.6 is 0 Å². The molecule has 0 atom stereocenters. The molecular weight excluding hydrogens is 272 g/mol. The number of aryl methyl sites for hydroxylation is 1. The zero-order valence-electron chi connectivity index (χ0n) is 11.8. The number of anilines is 2. The number of carbonyl (C=O) groups is 1. The molecule has 0 unspecified atom stereocenters. The minimum absolute atomic E-state index is 0.347. The van der Waals surface area contributed by atoms with Gasteiger partial charge < -0.3 is 15.6 Å². The molecule has 1 aromatic carbocycles. The van der Waals surface area contributed by atoms with E-state index >= 15 is 0 Å². The number of hydrogen-bond acceptors (Lipinski definition) is 4. The summed E-state index contributed by atoms with van der Waals surface area (Å²) in [6.45, 7) is 1.43. The highest BCUT2D eigenvalue weighted by Gasteiger charge is 2.10. The first-order chi connectivity index (χ1) is 9.90. The molecule has 1 aromatic heterocycles. The zero-order valence-corrected chi connectivity index (χ0v) is 11.8. The van der Waals surface area contributed by atoms with Crippen molar-refractivity contribution >= 4 is 17.3 Å². The molecule has 0 radical (unpaired) electrons. The van der Waals surface area contributed by atoms with Crippen LogP contribution in [0, 0.1) is 6.92 Å². The van der Waals surface area contributed by atoms with Gasteiger partial charge in [0.25, 0.3) is 5.56 Å². The summed E-state index contributed by atoms with van der Waals surface area (Å²) in [6, 6.07) is 6.38. The van der Waals surface area contributed by atoms with E-state index in [0.717, 1.165) is 10.1 Å². The minimum atomic E-state index is -0.540. The van der Waals surface area contributed by atoms with Gasteiger partial charge in [-0.1, -0.05) is 6.07 Å². The predicted octanol–water partition coefficient (Wildman–Crippen LogP) is 0.0763. The van der Waals surface area contributed by atoms with Crippen molar-refractivity contribution in [1.82, 2.24) is 9.13 Å². The smallest absolute Gasteiger partial charge is 0.331 e. The van der Waals surface area contributed by atoms with Gasteiger partial charge in [-0.2, -0.15) is 0 Å². The van der Waals surface area contributed by atoms with Crippen LogP contribution in [0.2, 0.25) is 0 Å². The lowest BCUT2D eigenvalue weighted by Gasteiger charge is -2.11. The summed E-state index contributed by atoms with van der Waals surface area (Å²) >= 11 is 0. The SMILES string of the molecule is Cc1c(N)cccc1NC(=O)Cn1c(=O)ccn(C)c1=O. The van der Waals surface area contributed by atoms with Crippen LogP contribution in [0.15, 0.2) is 40.1 Å². The highest BCUT2D eigenvalue weighted by atomic mass is 16.2. The van der Waals surface area contributed by atoms with Gasteiger partial charge in [0, 0.05) is 30.7 Å². The Morgan fingerprint density at radius 3 is 2.71 bits per heavy atom. The molecule has 2 aromatic rings. The highest BCUT2D eigenvalue weighted by molar-refractivity contribution is 5.92. The van der Waals surface area contributed by atoms with Gasteiger partial charge in [0.05, 0.1) is 0 Å². The van der Waals surface area contributed by atoms with Crippen LogP contribution in [0.3, 0.4) is 0 Å². The van der Waals surface area contributed by atoms with Crippen molar-refractivity contribution in [2.75, 3.05) is 11.1 Å². The molecule has 110 valence electrons. The van der Waals surface area contributed by atoms with Gasteiger partial charge in [0.1, 0.15) is 6.54 Å². The third kappa shape index (κ3) is 3.02. The van der Waals surface area contributed by atoms with Crippen molar-refractivity contribution in [2.24, 2.45) is 7.05 Å². The van der Waals surface area contributed by atoms with E-state index in [4.69, 9.17) is 5.73 Å². The number of carbonyl (C=O) groups excluding carboxylic acids is 1. The first-order valence-electron chi connectivity index (χ1n) is 6.31. The Kier molecular flexibility index (Phi) is 3.93. The van der Waals surface area contributed by atoms with Crippen molar-refractivity contribution in [3.63, 3.8) is 0 Å². The van der Waals surface area contributed by atoms with Gasteiger partial charge in [0.15, 0.2) is 0 Å². The van der Waals surface area contributed by atoms with Gasteiger partial charge in [-0.25, -0.2) is 4.79 Å². The van der Waals surface area contributed by atoms with E-state index in [-0.39, 0.29) is 6.54 Å². The molecule has 7 nitrogen and oxygen atoms in total. The molecule has 0 spiro atoms. The molecule has 0 aliphatic carbocycles. The summed E-state index contributed by atoms with van der Waals surface area (Å²) < 4.78 is 2.11. The van der Waals surface area contributed by atoms with Crippen LogP contribution < -0.4 is 22.3 Å². The number of aromatic nitrogens is 2. The van der Waals surface area contributed by atoms with Crippen LogP contribution in [-0.4, -0.2) is 15.0 Å². The van der Waals surface area contributed by atoms with Gasteiger partial charge in [-0.05, 0) is 24.6 Å². The molecule has 0 saturated heterocycles. The third-order valence-electron chi connectivity index (χ3n) is 3.19. The minimum Gasteiger partial charge on any atom is -0.398 e. The van der Waals surface area contributed by atoms with E-state index in [0.29, 0.717) is 11.4 Å². The second-order valence-electron chi connectivity index (χ2n) is 4.70. The fourth-order valence-corrected chi connectivity index (χ4v) is 1.88. The predicted molar refractivity (Wildman–Crippen MR) is 80.2 cm³/mol. The van der Waals surface area contributed by atoms with E-state index in [2.05, 4.69) is 5.32 Å². The number of benzene rings is 1. The molecule has 1 amide bonds. The number of nitrogens with two attached hydrogens (primary N) is 1. The van der Waals surface area contributed by atoms with E-state index in [1.54, 1.807) is 25.1 Å². The number of rotatable bonds is 3. The van der Waals surface area contributed by atoms with Gasteiger partial charge >= 0.3 is 5.69 Å². The molecule has 21 heavy (non-hydrogen) atoms. The average molecular weight is 288 g/mol. The van der Waals surface area contributed by atoms with Crippen molar-refractivity contribution < 1.29 is 4.79 Å². The van der Waals surface area contributed by atoms with Crippen LogP contribution in [-0.2, 0) is 18.4 Å². The summed E-state index contributed by atoms with van der Waals surface area (Å²) in [5, 5.41) is 2.65. The maximum atomic E-state index is 12.0. The van der Waals surface area contributed by atoms with Crippen molar-refractivity contribution in [2.45, 2.75) is 13.5 Å². The maximum Gasteiger partial charge on any atom is 0.331 e. The lowest BCUT2D eigenvalue weighted by molar-refractivity contribution is -0.116. The van der Waals surface area contributed by atoms with E-state index in [9.17, 15) is 14.4 Å². The fourth-order valence-electron chi connectivity index (χ4n) is 1.88. The van der Waals surface area contributed by atoms with Gasteiger partial charge in [-0.3, -0.25) is 14.2 Å². The van der Waals surface area contributed by atoms with Crippen LogP contribution in [0.5, 0.6) is 0 Å². The first-order valence-corrected chi connectivity index (χ1v) is 6.31. The Labute approximate surface area is 120 Å². The monoisotopic (exact) mass is 288 g/mol. The Morgan fingerprint density at radius 1 is 1.29 bits per heavy atom. The molecule has 0 bridgehead atoms. The topological polar surface area (TPSA) is 99.1 Å². The largest absolute Gasteiger partial charge is 0.398 e. The van der Waals surface area contributed by atoms with E-state index < -0.39 is 17.2 Å². The summed E-state index contributed by atoms with van der Waals surface area (Å²) in [5.74, 6) is -0.464. The lowest BCUT2D eigenvalue weighted by atomic mass is 10.1. The number of nitrogens with zero attached hydrogens (tertiary/aromatic N) is 2. The van der Waals surface area contributed by atoms with Crippen LogP contribution in [0.4, 0.5) is 11.4 Å². The lowest BCUT2D eigenvalue weighted by Crippen LogP contribution is -2.40. The molecule has 7 heteroatoms. The first kappa shape index (κ1) is 14.6. The molecule has 0 saturated carbocycles. The Bertz CT molecular complexity index is 805. The quantitative estimate of drug-likeness (QED) is 0.781. The second kappa shape index (κ2) is 5.66. The third-order valence-corrected chi connectivity index (χ3v) is 3.19. The Hall–Kier alpha value is -2.83. The molecule has 2 rings (SSSR count). The van der Waals surface area contributed by atoms with Crippen LogP contribution in [0.25, 0.3) is 0 Å².